The van der Waals surface area contributed by atoms with Gasteiger partial charge in [-0.25, -0.2) is 35.9 Å². The summed E-state index contributed by atoms with van der Waals surface area (Å²) in [7, 11) is 0. The number of carbonyl (C=O) groups is 2. The summed E-state index contributed by atoms with van der Waals surface area (Å²) in [4.78, 5) is 57.8. The monoisotopic (exact) mass is 836 g/mol. The van der Waals surface area contributed by atoms with Gasteiger partial charge in [0.1, 0.15) is 34.9 Å². The highest BCUT2D eigenvalue weighted by molar-refractivity contribution is 5.92. The molecular weight excluding hydrogens is 794 g/mol. The van der Waals surface area contributed by atoms with E-state index in [0.29, 0.717) is 41.2 Å². The number of aromatic nitrogens is 2. The lowest BCUT2D eigenvalue weighted by Gasteiger charge is -2.31. The molecule has 60 heavy (non-hydrogen) atoms. The number of H-pyrrole nitrogens is 2. The van der Waals surface area contributed by atoms with Crippen LogP contribution in [-0.2, 0) is 0 Å². The lowest BCUT2D eigenvalue weighted by Crippen LogP contribution is -2.39. The number of halogens is 6. The Morgan fingerprint density at radius 2 is 1.02 bits per heavy atom. The molecule has 2 atom stereocenters. The van der Waals surface area contributed by atoms with Crippen LogP contribution >= 0.6 is 0 Å². The molecule has 316 valence electrons. The van der Waals surface area contributed by atoms with Crippen LogP contribution in [0.5, 0.6) is 0 Å². The predicted octanol–water partition coefficient (Wildman–Crippen LogP) is 9.12. The van der Waals surface area contributed by atoms with Crippen molar-refractivity contribution in [1.29, 1.82) is 0 Å². The summed E-state index contributed by atoms with van der Waals surface area (Å²) in [5.74, 6) is -4.42. The van der Waals surface area contributed by atoms with Gasteiger partial charge in [0, 0.05) is 55.6 Å². The largest absolute Gasteiger partial charge is 0.396 e. The fraction of sp³-hybridized carbons (Fsp3) is 0.256. The second kappa shape index (κ2) is 19.4. The number of fused-ring (bicyclic) bond motifs is 2. The Morgan fingerprint density at radius 1 is 0.617 bits per heavy atom. The molecule has 0 radical (unpaired) electrons. The van der Waals surface area contributed by atoms with Crippen molar-refractivity contribution >= 4 is 45.0 Å². The molecule has 2 aromatic heterocycles. The minimum Gasteiger partial charge on any atom is -0.396 e. The minimum atomic E-state index is -1.00. The van der Waals surface area contributed by atoms with Crippen LogP contribution in [0.4, 0.5) is 47.3 Å². The normalized spacial score (nSPS) is 12.1. The standard InChI is InChI=1S/C22H22F3N3O2.C21H20F3N3O3/c1-12(2)11-28(22(30)27-16-6-4-14(23)5-7-16)13(3)18-10-26-21(29)20-17(18)8-15(24)9-19(20)25;1-12(17-11-25-20(29)19-16(17)9-14(23)10-18(19)24)27(7-2-8-28)21(30)26-15-5-3-13(22)4-6-15/h4-10,12-13H,11H2,1-3H3,(H,26,29)(H,27,30);3-6,9-12,28H,2,7-8H2,1H3,(H,25,29)(H,26,30). The van der Waals surface area contributed by atoms with Crippen molar-refractivity contribution in [3.63, 3.8) is 0 Å². The van der Waals surface area contributed by atoms with E-state index in [2.05, 4.69) is 20.6 Å². The number of hydrogen-bond donors (Lipinski definition) is 5. The van der Waals surface area contributed by atoms with Crippen LogP contribution in [0, 0.1) is 40.8 Å². The molecule has 0 fully saturated rings. The molecule has 0 bridgehead atoms. The summed E-state index contributed by atoms with van der Waals surface area (Å²) >= 11 is 0. The third-order valence-electron chi connectivity index (χ3n) is 9.57. The number of nitrogens with one attached hydrogen (secondary N) is 4. The van der Waals surface area contributed by atoms with Gasteiger partial charge >= 0.3 is 12.1 Å². The Labute approximate surface area is 339 Å². The molecule has 0 saturated heterocycles. The summed E-state index contributed by atoms with van der Waals surface area (Å²) in [6.45, 7) is 7.49. The maximum atomic E-state index is 14.3. The fourth-order valence-electron chi connectivity index (χ4n) is 6.66. The minimum absolute atomic E-state index is 0.0485. The van der Waals surface area contributed by atoms with Gasteiger partial charge in [-0.3, -0.25) is 9.59 Å². The van der Waals surface area contributed by atoms with E-state index in [1.807, 2.05) is 13.8 Å². The number of hydrogen-bond acceptors (Lipinski definition) is 5. The molecule has 0 saturated carbocycles. The number of rotatable bonds is 11. The lowest BCUT2D eigenvalue weighted by molar-refractivity contribution is 0.182. The number of amides is 4. The Morgan fingerprint density at radius 3 is 1.42 bits per heavy atom. The van der Waals surface area contributed by atoms with Crippen LogP contribution in [0.3, 0.4) is 0 Å². The molecule has 6 rings (SSSR count). The molecule has 17 heteroatoms. The van der Waals surface area contributed by atoms with Crippen LogP contribution in [0.15, 0.2) is 94.8 Å². The number of carbonyl (C=O) groups excluding carboxylic acids is 2. The molecule has 4 aromatic carbocycles. The summed E-state index contributed by atoms with van der Waals surface area (Å²) in [6, 6.07) is 11.6. The van der Waals surface area contributed by atoms with E-state index in [4.69, 9.17) is 0 Å². The highest BCUT2D eigenvalue weighted by Gasteiger charge is 2.27. The van der Waals surface area contributed by atoms with Crippen molar-refractivity contribution in [2.75, 3.05) is 30.3 Å². The van der Waals surface area contributed by atoms with Crippen LogP contribution in [0.2, 0.25) is 0 Å². The zero-order chi connectivity index (χ0) is 43.8. The number of anilines is 2. The van der Waals surface area contributed by atoms with Crippen molar-refractivity contribution in [2.24, 2.45) is 5.92 Å². The van der Waals surface area contributed by atoms with E-state index in [-0.39, 0.29) is 47.0 Å². The summed E-state index contributed by atoms with van der Waals surface area (Å²) in [6.07, 6.45) is 2.93. The van der Waals surface area contributed by atoms with Crippen LogP contribution in [0.25, 0.3) is 21.5 Å². The molecule has 0 aliphatic rings. The molecular formula is C43H42F6N6O5. The third kappa shape index (κ3) is 10.5. The van der Waals surface area contributed by atoms with E-state index in [9.17, 15) is 50.6 Å². The second-order valence-electron chi connectivity index (χ2n) is 14.3. The first-order valence-electron chi connectivity index (χ1n) is 18.8. The van der Waals surface area contributed by atoms with Gasteiger partial charge in [-0.1, -0.05) is 13.8 Å². The van der Waals surface area contributed by atoms with Crippen molar-refractivity contribution < 1.29 is 41.0 Å². The fourth-order valence-corrected chi connectivity index (χ4v) is 6.66. The first kappa shape index (κ1) is 44.5. The van der Waals surface area contributed by atoms with Crippen molar-refractivity contribution in [2.45, 2.75) is 46.2 Å². The Bertz CT molecular complexity index is 2600. The molecule has 11 nitrogen and oxygen atoms in total. The van der Waals surface area contributed by atoms with Gasteiger partial charge in [0.2, 0.25) is 0 Å². The first-order valence-corrected chi connectivity index (χ1v) is 18.8. The predicted molar refractivity (Wildman–Crippen MR) is 217 cm³/mol. The number of pyridine rings is 2. The zero-order valence-corrected chi connectivity index (χ0v) is 32.9. The Hall–Kier alpha value is -6.62. The van der Waals surface area contributed by atoms with Gasteiger partial charge in [0.05, 0.1) is 22.9 Å². The topological polar surface area (TPSA) is 151 Å². The van der Waals surface area contributed by atoms with Gasteiger partial charge in [-0.15, -0.1) is 0 Å². The number of nitrogens with zero attached hydrogens (tertiary/aromatic N) is 2. The third-order valence-corrected chi connectivity index (χ3v) is 9.57. The maximum absolute atomic E-state index is 14.3. The van der Waals surface area contributed by atoms with Crippen molar-refractivity contribution in [3.8, 4) is 0 Å². The van der Waals surface area contributed by atoms with Gasteiger partial charge in [-0.05, 0) is 109 Å². The highest BCUT2D eigenvalue weighted by Crippen LogP contribution is 2.31. The van der Waals surface area contributed by atoms with Crippen LogP contribution in [0.1, 0.15) is 57.3 Å². The van der Waals surface area contributed by atoms with Gasteiger partial charge < -0.3 is 35.5 Å². The molecule has 5 N–H and O–H groups in total. The van der Waals surface area contributed by atoms with E-state index >= 15 is 0 Å². The highest BCUT2D eigenvalue weighted by atomic mass is 19.2. The lowest BCUT2D eigenvalue weighted by atomic mass is 10.00. The number of aliphatic hydroxyl groups is 1. The number of aliphatic hydroxyl groups excluding tert-OH is 1. The molecule has 0 spiro atoms. The van der Waals surface area contributed by atoms with Crippen molar-refractivity contribution in [3.05, 3.63) is 152 Å². The number of benzene rings is 4. The van der Waals surface area contributed by atoms with Crippen molar-refractivity contribution in [1.82, 2.24) is 19.8 Å². The van der Waals surface area contributed by atoms with Gasteiger partial charge in [0.25, 0.3) is 11.1 Å². The molecule has 0 aliphatic carbocycles. The number of aromatic amines is 2. The second-order valence-corrected chi connectivity index (χ2v) is 14.3. The van der Waals surface area contributed by atoms with Gasteiger partial charge in [0.15, 0.2) is 0 Å². The van der Waals surface area contributed by atoms with E-state index in [0.717, 1.165) is 12.1 Å². The van der Waals surface area contributed by atoms with E-state index in [1.165, 1.54) is 70.7 Å². The molecule has 2 heterocycles. The molecule has 2 unspecified atom stereocenters. The van der Waals surface area contributed by atoms with Crippen LogP contribution < -0.4 is 21.8 Å². The quantitative estimate of drug-likeness (QED) is 0.0826. The average Bonchev–Trinajstić information content (AvgIpc) is 3.18. The van der Waals surface area contributed by atoms with Gasteiger partial charge in [-0.2, -0.15) is 0 Å². The molecule has 4 amide bonds. The summed E-state index contributed by atoms with van der Waals surface area (Å²) < 4.78 is 82.4. The first-order chi connectivity index (χ1) is 28.5. The Balaban J connectivity index is 0.000000228. The smallest absolute Gasteiger partial charge is 0.322 e. The van der Waals surface area contributed by atoms with Crippen LogP contribution in [-0.4, -0.2) is 56.6 Å². The molecule has 6 aromatic rings. The maximum Gasteiger partial charge on any atom is 0.322 e. The average molecular weight is 837 g/mol. The van der Waals surface area contributed by atoms with E-state index in [1.54, 1.807) is 13.8 Å². The summed E-state index contributed by atoms with van der Waals surface area (Å²) in [5, 5.41) is 14.1. The molecule has 0 aliphatic heterocycles. The van der Waals surface area contributed by atoms with E-state index < -0.39 is 70.2 Å². The summed E-state index contributed by atoms with van der Waals surface area (Å²) in [5.41, 5.74) is 0.102. The number of urea groups is 2. The Kier molecular flexibility index (Phi) is 14.4. The SMILES string of the molecule is CC(C)CN(C(=O)Nc1ccc(F)cc1)C(C)c1c[nH]c(=O)c2c(F)cc(F)cc12.CC(c1c[nH]c(=O)c2c(F)cc(F)cc12)N(CCCO)C(=O)Nc1ccc(F)cc1. The zero-order valence-electron chi connectivity index (χ0n) is 32.9.